The van der Waals surface area contributed by atoms with E-state index in [1.165, 1.54) is 35.1 Å². The highest BCUT2D eigenvalue weighted by Gasteiger charge is 2.23. The first-order valence-corrected chi connectivity index (χ1v) is 19.4. The molecule has 2 fully saturated rings. The topological polar surface area (TPSA) is 120 Å². The molecule has 4 aromatic heterocycles. The smallest absolute Gasteiger partial charge is 0.423 e. The van der Waals surface area contributed by atoms with Gasteiger partial charge in [0.2, 0.25) is 0 Å². The molecule has 8 rings (SSSR count). The zero-order chi connectivity index (χ0) is 38.0. The van der Waals surface area contributed by atoms with E-state index in [2.05, 4.69) is 93.5 Å². The summed E-state index contributed by atoms with van der Waals surface area (Å²) in [5.41, 5.74) is 11.2. The van der Waals surface area contributed by atoms with Crippen LogP contribution in [-0.4, -0.2) is 59.9 Å². The molecule has 2 saturated heterocycles. The maximum absolute atomic E-state index is 8.58. The fourth-order valence-corrected chi connectivity index (χ4v) is 6.83. The average Bonchev–Trinajstić information content (AvgIpc) is 3.80. The maximum atomic E-state index is 8.58. The van der Waals surface area contributed by atoms with Crippen LogP contribution in [0.25, 0.3) is 33.9 Å². The van der Waals surface area contributed by atoms with E-state index < -0.39 is 7.12 Å². The molecule has 54 heavy (non-hydrogen) atoms. The number of halogens is 1. The van der Waals surface area contributed by atoms with Crippen LogP contribution in [0.2, 0.25) is 0 Å². The normalized spacial score (nSPS) is 16.8. The van der Waals surface area contributed by atoms with Crippen molar-refractivity contribution in [2.75, 3.05) is 13.2 Å². The highest BCUT2D eigenvalue weighted by atomic mass is 79.9. The van der Waals surface area contributed by atoms with Crippen LogP contribution in [0.4, 0.5) is 0 Å². The van der Waals surface area contributed by atoms with Gasteiger partial charge in [-0.3, -0.25) is 9.97 Å². The Kier molecular flexibility index (Phi) is 13.6. The number of benzene rings is 2. The molecule has 2 atom stereocenters. The summed E-state index contributed by atoms with van der Waals surface area (Å²) in [6.07, 6.45) is 10.5. The van der Waals surface area contributed by atoms with Crippen molar-refractivity contribution in [3.8, 4) is 33.9 Å². The lowest BCUT2D eigenvalue weighted by Crippen LogP contribution is -2.29. The highest BCUT2D eigenvalue weighted by molar-refractivity contribution is 9.10. The molecular weight excluding hydrogens is 743 g/mol. The molecule has 6 heterocycles. The van der Waals surface area contributed by atoms with Crippen LogP contribution in [0.5, 0.6) is 0 Å². The van der Waals surface area contributed by atoms with Gasteiger partial charge in [-0.2, -0.15) is 10.2 Å². The molecule has 2 N–H and O–H groups in total. The summed E-state index contributed by atoms with van der Waals surface area (Å²) in [4.78, 5) is 9.25. The SMILES string of the molecule is Cc1cc(-c2cc(C)c(-c3ccccc3)cn2)n(C2CCCCO2)n1.Cc1cc(-c2cc(C)c(Br)cn2)n(C2CCCCO2)n1.OB(O)c1ccccc1. The Labute approximate surface area is 326 Å². The quantitative estimate of drug-likeness (QED) is 0.162. The summed E-state index contributed by atoms with van der Waals surface area (Å²) in [6.45, 7) is 9.86. The molecule has 0 radical (unpaired) electrons. The largest absolute Gasteiger partial charge is 0.488 e. The summed E-state index contributed by atoms with van der Waals surface area (Å²) in [5.74, 6) is 0. The van der Waals surface area contributed by atoms with Gasteiger partial charge in [0.25, 0.3) is 0 Å². The third-order valence-corrected chi connectivity index (χ3v) is 10.3. The summed E-state index contributed by atoms with van der Waals surface area (Å²) >= 11 is 3.49. The summed E-state index contributed by atoms with van der Waals surface area (Å²) < 4.78 is 16.8. The molecule has 12 heteroatoms. The minimum Gasteiger partial charge on any atom is -0.423 e. The third-order valence-electron chi connectivity index (χ3n) is 9.44. The van der Waals surface area contributed by atoms with Crippen LogP contribution < -0.4 is 5.46 Å². The number of nitrogens with zero attached hydrogens (tertiary/aromatic N) is 6. The zero-order valence-corrected chi connectivity index (χ0v) is 33.0. The number of rotatable bonds is 6. The first-order valence-electron chi connectivity index (χ1n) is 18.6. The Balaban J connectivity index is 0.000000153. The van der Waals surface area contributed by atoms with E-state index in [9.17, 15) is 0 Å². The van der Waals surface area contributed by atoms with Gasteiger partial charge < -0.3 is 19.5 Å². The van der Waals surface area contributed by atoms with Crippen molar-refractivity contribution in [2.45, 2.75) is 78.7 Å². The molecule has 2 aromatic carbocycles. The van der Waals surface area contributed by atoms with Crippen LogP contribution in [0.15, 0.2) is 102 Å². The number of hydrogen-bond donors (Lipinski definition) is 2. The van der Waals surface area contributed by atoms with E-state index in [1.807, 2.05) is 47.7 Å². The lowest BCUT2D eigenvalue weighted by molar-refractivity contribution is -0.0386. The molecule has 0 amide bonds. The number of aromatic nitrogens is 6. The van der Waals surface area contributed by atoms with Gasteiger partial charge in [0.1, 0.15) is 0 Å². The molecule has 0 spiro atoms. The molecule has 0 aliphatic carbocycles. The van der Waals surface area contributed by atoms with Crippen molar-refractivity contribution in [1.29, 1.82) is 0 Å². The van der Waals surface area contributed by atoms with Gasteiger partial charge in [-0.1, -0.05) is 60.7 Å². The Morgan fingerprint density at radius 3 is 1.59 bits per heavy atom. The molecule has 6 aromatic rings. The van der Waals surface area contributed by atoms with E-state index in [1.54, 1.807) is 24.3 Å². The second kappa shape index (κ2) is 18.7. The van der Waals surface area contributed by atoms with E-state index >= 15 is 0 Å². The fourth-order valence-electron chi connectivity index (χ4n) is 6.61. The van der Waals surface area contributed by atoms with Gasteiger partial charge in [0.15, 0.2) is 12.5 Å². The minimum absolute atomic E-state index is 0.0216. The monoisotopic (exact) mass is 790 g/mol. The van der Waals surface area contributed by atoms with Gasteiger partial charge in [0.05, 0.1) is 34.2 Å². The van der Waals surface area contributed by atoms with Gasteiger partial charge in [-0.25, -0.2) is 9.36 Å². The van der Waals surface area contributed by atoms with Crippen LogP contribution in [0.1, 0.15) is 73.5 Å². The predicted octanol–water partition coefficient (Wildman–Crippen LogP) is 8.32. The average molecular weight is 792 g/mol. The second-order valence-corrected chi connectivity index (χ2v) is 14.6. The van der Waals surface area contributed by atoms with E-state index in [0.717, 1.165) is 77.5 Å². The first-order chi connectivity index (χ1) is 26.2. The van der Waals surface area contributed by atoms with Crippen LogP contribution in [-0.2, 0) is 9.47 Å². The molecule has 0 bridgehead atoms. The standard InChI is InChI=1S/C21H23N3O.C15H18BrN3O.C6H7BO2/c1-15-12-19(22-14-18(15)17-8-4-3-5-9-17)20-13-16(2)23-24(20)21-10-6-7-11-25-21;1-10-7-13(17-9-12(10)16)14-8-11(2)18-19(14)15-5-3-4-6-20-15;8-7(9)6-4-2-1-3-5-6/h3-5,8-9,12-14,21H,6-7,10-11H2,1-2H3;7-9,15H,3-6H2,1-2H3;1-5,8-9H. The van der Waals surface area contributed by atoms with Gasteiger partial charge in [-0.05, 0) is 129 Å². The van der Waals surface area contributed by atoms with Crippen molar-refractivity contribution >= 4 is 28.5 Å². The van der Waals surface area contributed by atoms with Crippen LogP contribution >= 0.6 is 15.9 Å². The predicted molar refractivity (Wildman–Crippen MR) is 217 cm³/mol. The highest BCUT2D eigenvalue weighted by Crippen LogP contribution is 2.32. The molecular formula is C42H48BBrN6O4. The summed E-state index contributed by atoms with van der Waals surface area (Å²) in [6, 6.07) is 27.5. The molecule has 2 unspecified atom stereocenters. The van der Waals surface area contributed by atoms with Crippen molar-refractivity contribution < 1.29 is 19.5 Å². The minimum atomic E-state index is -1.34. The molecule has 0 saturated carbocycles. The number of hydrogen-bond acceptors (Lipinski definition) is 8. The van der Waals surface area contributed by atoms with Gasteiger partial charge >= 0.3 is 7.12 Å². The van der Waals surface area contributed by atoms with Crippen molar-refractivity contribution in [2.24, 2.45) is 0 Å². The maximum Gasteiger partial charge on any atom is 0.488 e. The van der Waals surface area contributed by atoms with Gasteiger partial charge in [0, 0.05) is 35.6 Å². The Hall–Kier alpha value is -4.46. The first kappa shape index (κ1) is 39.2. The zero-order valence-electron chi connectivity index (χ0n) is 31.4. The molecule has 10 nitrogen and oxygen atoms in total. The fraction of sp³-hybridized carbons (Fsp3) is 0.333. The lowest BCUT2D eigenvalue weighted by atomic mass is 9.81. The number of pyridine rings is 2. The number of ether oxygens (including phenoxy) is 2. The van der Waals surface area contributed by atoms with Crippen LogP contribution in [0.3, 0.4) is 0 Å². The molecule has 280 valence electrons. The van der Waals surface area contributed by atoms with Crippen molar-refractivity contribution in [3.63, 3.8) is 0 Å². The number of aryl methyl sites for hydroxylation is 4. The third kappa shape index (κ3) is 9.99. The second-order valence-electron chi connectivity index (χ2n) is 13.7. The van der Waals surface area contributed by atoms with Crippen molar-refractivity contribution in [3.05, 3.63) is 124 Å². The summed E-state index contributed by atoms with van der Waals surface area (Å²) in [7, 11) is -1.34. The lowest BCUT2D eigenvalue weighted by Gasteiger charge is -2.24. The Morgan fingerprint density at radius 1 is 0.648 bits per heavy atom. The van der Waals surface area contributed by atoms with Crippen molar-refractivity contribution in [1.82, 2.24) is 29.5 Å². The summed E-state index contributed by atoms with van der Waals surface area (Å²) in [5, 5.41) is 26.4. The van der Waals surface area contributed by atoms with Crippen LogP contribution in [0, 0.1) is 27.7 Å². The van der Waals surface area contributed by atoms with Gasteiger partial charge in [-0.15, -0.1) is 0 Å². The van der Waals surface area contributed by atoms with E-state index in [0.29, 0.717) is 5.46 Å². The Morgan fingerprint density at radius 2 is 1.15 bits per heavy atom. The molecule has 2 aliphatic rings. The Bertz CT molecular complexity index is 2100. The van der Waals surface area contributed by atoms with E-state index in [-0.39, 0.29) is 12.5 Å². The molecule has 2 aliphatic heterocycles. The van der Waals surface area contributed by atoms with E-state index in [4.69, 9.17) is 24.5 Å².